The molecule has 0 aliphatic rings. The Morgan fingerprint density at radius 2 is 1.82 bits per heavy atom. The Bertz CT molecular complexity index is 1670. The molecule has 3 aromatic carbocycles. The fraction of sp³-hybridized carbons (Fsp3) is 0.103. The highest BCUT2D eigenvalue weighted by Crippen LogP contribution is 2.31. The SMILES string of the molecule is COc1ccccc1-n1c(NCC(=O)Nc2cc(NC(=O)c3ccco3)ccc2C)nnc1-c1cccc(Cl)c1. The summed E-state index contributed by atoms with van der Waals surface area (Å²) in [5.41, 5.74) is 3.31. The maximum atomic E-state index is 13.0. The average molecular weight is 557 g/mol. The van der Waals surface area contributed by atoms with E-state index in [1.54, 1.807) is 54.1 Å². The Balaban J connectivity index is 1.36. The fourth-order valence-electron chi connectivity index (χ4n) is 4.04. The van der Waals surface area contributed by atoms with Gasteiger partial charge >= 0.3 is 0 Å². The van der Waals surface area contributed by atoms with Gasteiger partial charge in [-0.2, -0.15) is 0 Å². The van der Waals surface area contributed by atoms with Crippen molar-refractivity contribution in [1.82, 2.24) is 14.8 Å². The molecule has 0 bridgehead atoms. The molecule has 0 radical (unpaired) electrons. The van der Waals surface area contributed by atoms with Gasteiger partial charge in [0.25, 0.3) is 5.91 Å². The van der Waals surface area contributed by atoms with Gasteiger partial charge in [0, 0.05) is 22.0 Å². The predicted octanol–water partition coefficient (Wildman–Crippen LogP) is 5.80. The van der Waals surface area contributed by atoms with Crippen molar-refractivity contribution in [2.45, 2.75) is 6.92 Å². The van der Waals surface area contributed by atoms with Gasteiger partial charge in [0.05, 0.1) is 25.6 Å². The van der Waals surface area contributed by atoms with Crippen molar-refractivity contribution >= 4 is 40.7 Å². The molecule has 0 fully saturated rings. The molecule has 0 saturated heterocycles. The van der Waals surface area contributed by atoms with Gasteiger partial charge < -0.3 is 25.1 Å². The van der Waals surface area contributed by atoms with Crippen molar-refractivity contribution < 1.29 is 18.7 Å². The van der Waals surface area contributed by atoms with Gasteiger partial charge in [-0.1, -0.05) is 41.9 Å². The number of carbonyl (C=O) groups is 2. The zero-order valence-corrected chi connectivity index (χ0v) is 22.4. The smallest absolute Gasteiger partial charge is 0.291 e. The number of furan rings is 1. The summed E-state index contributed by atoms with van der Waals surface area (Å²) >= 11 is 6.24. The number of hydrogen-bond donors (Lipinski definition) is 3. The molecule has 2 amide bonds. The molecule has 202 valence electrons. The first-order chi connectivity index (χ1) is 19.4. The number of aryl methyl sites for hydroxylation is 1. The molecule has 5 aromatic rings. The van der Waals surface area contributed by atoms with Gasteiger partial charge in [-0.15, -0.1) is 10.2 Å². The third kappa shape index (κ3) is 5.82. The van der Waals surface area contributed by atoms with E-state index in [4.69, 9.17) is 20.8 Å². The Kier molecular flexibility index (Phi) is 7.79. The minimum atomic E-state index is -0.390. The number of halogens is 1. The molecule has 40 heavy (non-hydrogen) atoms. The van der Waals surface area contributed by atoms with Gasteiger partial charge in [-0.25, -0.2) is 0 Å². The highest BCUT2D eigenvalue weighted by atomic mass is 35.5. The number of nitrogens with one attached hydrogen (secondary N) is 3. The van der Waals surface area contributed by atoms with Crippen molar-refractivity contribution in [1.29, 1.82) is 0 Å². The van der Waals surface area contributed by atoms with Crippen LogP contribution in [0.2, 0.25) is 5.02 Å². The van der Waals surface area contributed by atoms with Crippen LogP contribution in [0.1, 0.15) is 16.1 Å². The van der Waals surface area contributed by atoms with Crippen molar-refractivity contribution in [2.75, 3.05) is 29.6 Å². The molecular formula is C29H25ClN6O4. The molecule has 0 unspecified atom stereocenters. The van der Waals surface area contributed by atoms with E-state index in [0.717, 1.165) is 11.1 Å². The van der Waals surface area contributed by atoms with E-state index in [0.29, 0.717) is 39.6 Å². The number of hydrogen-bond acceptors (Lipinski definition) is 7. The van der Waals surface area contributed by atoms with Crippen LogP contribution in [0.4, 0.5) is 17.3 Å². The molecule has 10 nitrogen and oxygen atoms in total. The van der Waals surface area contributed by atoms with Crippen LogP contribution in [0.25, 0.3) is 17.1 Å². The van der Waals surface area contributed by atoms with Crippen molar-refractivity contribution in [3.05, 3.63) is 101 Å². The summed E-state index contributed by atoms with van der Waals surface area (Å²) in [4.78, 5) is 25.3. The zero-order chi connectivity index (χ0) is 28.1. The normalized spacial score (nSPS) is 10.7. The van der Waals surface area contributed by atoms with Gasteiger partial charge in [0.2, 0.25) is 11.9 Å². The van der Waals surface area contributed by atoms with Gasteiger partial charge in [-0.05, 0) is 61.0 Å². The maximum Gasteiger partial charge on any atom is 0.291 e. The quantitative estimate of drug-likeness (QED) is 0.209. The van der Waals surface area contributed by atoms with E-state index >= 15 is 0 Å². The number of methoxy groups -OCH3 is 1. The number of rotatable bonds is 9. The van der Waals surface area contributed by atoms with E-state index in [-0.39, 0.29) is 24.1 Å². The Morgan fingerprint density at radius 1 is 0.975 bits per heavy atom. The maximum absolute atomic E-state index is 13.0. The zero-order valence-electron chi connectivity index (χ0n) is 21.6. The van der Waals surface area contributed by atoms with Crippen LogP contribution in [0, 0.1) is 6.92 Å². The van der Waals surface area contributed by atoms with E-state index < -0.39 is 0 Å². The van der Waals surface area contributed by atoms with Crippen LogP contribution < -0.4 is 20.7 Å². The van der Waals surface area contributed by atoms with Crippen LogP contribution >= 0.6 is 11.6 Å². The van der Waals surface area contributed by atoms with Crippen LogP contribution in [-0.2, 0) is 4.79 Å². The third-order valence-corrected chi connectivity index (χ3v) is 6.23. The van der Waals surface area contributed by atoms with Crippen LogP contribution in [0.15, 0.2) is 89.5 Å². The average Bonchev–Trinajstić information content (AvgIpc) is 3.64. The summed E-state index contributed by atoms with van der Waals surface area (Å²) in [6.45, 7) is 1.75. The molecular weight excluding hydrogens is 532 g/mol. The first-order valence-corrected chi connectivity index (χ1v) is 12.6. The number of carbonyl (C=O) groups excluding carboxylic acids is 2. The first kappa shape index (κ1) is 26.5. The topological polar surface area (TPSA) is 123 Å². The largest absolute Gasteiger partial charge is 0.495 e. The van der Waals surface area contributed by atoms with Crippen LogP contribution in [0.3, 0.4) is 0 Å². The van der Waals surface area contributed by atoms with Crippen LogP contribution in [0.5, 0.6) is 5.75 Å². The minimum Gasteiger partial charge on any atom is -0.495 e. The van der Waals surface area contributed by atoms with E-state index in [1.807, 2.05) is 43.3 Å². The summed E-state index contributed by atoms with van der Waals surface area (Å²) in [5.74, 6) is 0.931. The number of ether oxygens (including phenoxy) is 1. The number of anilines is 3. The second-order valence-electron chi connectivity index (χ2n) is 8.73. The lowest BCUT2D eigenvalue weighted by Gasteiger charge is -2.15. The highest BCUT2D eigenvalue weighted by molar-refractivity contribution is 6.30. The number of amides is 2. The Hall–Kier alpha value is -5.09. The van der Waals surface area contributed by atoms with Crippen molar-refractivity contribution in [2.24, 2.45) is 0 Å². The molecule has 11 heteroatoms. The number of aromatic nitrogens is 3. The minimum absolute atomic E-state index is 0.106. The Morgan fingerprint density at radius 3 is 2.60 bits per heavy atom. The second-order valence-corrected chi connectivity index (χ2v) is 9.16. The molecule has 3 N–H and O–H groups in total. The standard InChI is InChI=1S/C29H25ClN6O4/c1-18-12-13-21(32-28(38)25-11-6-14-40-25)16-22(18)33-26(37)17-31-29-35-34-27(19-7-5-8-20(30)15-19)36(29)23-9-3-4-10-24(23)39-2/h3-16H,17H2,1-2H3,(H,31,35)(H,32,38)(H,33,37). The number of para-hydroxylation sites is 2. The van der Waals surface area contributed by atoms with E-state index in [2.05, 4.69) is 26.1 Å². The number of benzene rings is 3. The summed E-state index contributed by atoms with van der Waals surface area (Å²) in [5, 5.41) is 18.0. The molecule has 2 aromatic heterocycles. The van der Waals surface area contributed by atoms with Crippen molar-refractivity contribution in [3.63, 3.8) is 0 Å². The molecule has 0 aliphatic carbocycles. The Labute approximate surface area is 234 Å². The summed E-state index contributed by atoms with van der Waals surface area (Å²) in [7, 11) is 1.58. The predicted molar refractivity (Wildman–Crippen MR) is 153 cm³/mol. The highest BCUT2D eigenvalue weighted by Gasteiger charge is 2.19. The fourth-order valence-corrected chi connectivity index (χ4v) is 4.23. The molecule has 0 aliphatic heterocycles. The summed E-state index contributed by atoms with van der Waals surface area (Å²) < 4.78 is 12.5. The molecule has 5 rings (SSSR count). The first-order valence-electron chi connectivity index (χ1n) is 12.3. The van der Waals surface area contributed by atoms with E-state index in [9.17, 15) is 9.59 Å². The molecule has 0 spiro atoms. The van der Waals surface area contributed by atoms with Gasteiger partial charge in [0.1, 0.15) is 5.75 Å². The van der Waals surface area contributed by atoms with E-state index in [1.165, 1.54) is 6.26 Å². The van der Waals surface area contributed by atoms with Crippen LogP contribution in [-0.4, -0.2) is 40.2 Å². The molecule has 0 saturated carbocycles. The second kappa shape index (κ2) is 11.7. The van der Waals surface area contributed by atoms with Crippen molar-refractivity contribution in [3.8, 4) is 22.8 Å². The van der Waals surface area contributed by atoms with Gasteiger partial charge in [-0.3, -0.25) is 14.2 Å². The summed E-state index contributed by atoms with van der Waals surface area (Å²) in [6.07, 6.45) is 1.43. The number of nitrogens with zero attached hydrogens (tertiary/aromatic N) is 3. The molecule has 0 atom stereocenters. The lowest BCUT2D eigenvalue weighted by atomic mass is 10.1. The van der Waals surface area contributed by atoms with Gasteiger partial charge in [0.15, 0.2) is 11.6 Å². The lowest BCUT2D eigenvalue weighted by Crippen LogP contribution is -2.23. The molecule has 2 heterocycles. The third-order valence-electron chi connectivity index (χ3n) is 5.99. The lowest BCUT2D eigenvalue weighted by molar-refractivity contribution is -0.114. The summed E-state index contributed by atoms with van der Waals surface area (Å²) in [6, 6.07) is 23.1. The monoisotopic (exact) mass is 556 g/mol.